The number of likely N-dealkylation sites (tertiary alicyclic amines) is 1. The summed E-state index contributed by atoms with van der Waals surface area (Å²) in [6.45, 7) is 3.48. The zero-order chi connectivity index (χ0) is 30.7. The molecule has 11 nitrogen and oxygen atoms in total. The molecule has 2 aliphatic rings. The molecule has 2 aromatic carbocycles. The minimum atomic E-state index is -4.77. The lowest BCUT2D eigenvalue weighted by Crippen LogP contribution is -2.55. The first-order chi connectivity index (χ1) is 20.5. The first kappa shape index (κ1) is 30.7. The van der Waals surface area contributed by atoms with Gasteiger partial charge in [0.25, 0.3) is 0 Å². The number of rotatable bonds is 12. The van der Waals surface area contributed by atoms with Crippen LogP contribution >= 0.6 is 0 Å². The Morgan fingerprint density at radius 2 is 1.67 bits per heavy atom. The van der Waals surface area contributed by atoms with E-state index in [2.05, 4.69) is 25.0 Å². The van der Waals surface area contributed by atoms with Gasteiger partial charge in [0, 0.05) is 31.1 Å². The molecule has 3 aromatic rings. The number of aryl methyl sites for hydroxylation is 1. The number of alkyl halides is 3. The van der Waals surface area contributed by atoms with Crippen molar-refractivity contribution >= 4 is 15.8 Å². The zero-order valence-corrected chi connectivity index (χ0v) is 24.3. The van der Waals surface area contributed by atoms with Crippen molar-refractivity contribution in [1.82, 2.24) is 25.1 Å². The average Bonchev–Trinajstić information content (AvgIpc) is 3.73. The monoisotopic (exact) mass is 623 g/mol. The van der Waals surface area contributed by atoms with Gasteiger partial charge in [0.15, 0.2) is 14.6 Å². The highest BCUT2D eigenvalue weighted by atomic mass is 32.2. The molecular formula is C28H32F3N5O6S. The standard InChI is InChI=1S/C28H32F3N5O6S/c1-2-40-26(37)27(14-17-35(18-15-27)21-6-7-21)43(38,39)24-12-10-22(11-13-24)41-19-3-16-36-33-25(32-34-36)20-4-8-23(9-5-20)42-28(29,30)31/h4-5,8-13,21H,2-3,6-7,14-19H2,1H3. The third-order valence-electron chi connectivity index (χ3n) is 7.53. The first-order valence-electron chi connectivity index (χ1n) is 14.0. The van der Waals surface area contributed by atoms with Crippen molar-refractivity contribution in [1.29, 1.82) is 0 Å². The van der Waals surface area contributed by atoms with Gasteiger partial charge in [-0.05, 0) is 86.4 Å². The third-order valence-corrected chi connectivity index (χ3v) is 10.0. The zero-order valence-electron chi connectivity index (χ0n) is 23.5. The summed E-state index contributed by atoms with van der Waals surface area (Å²) in [5.41, 5.74) is 0.477. The largest absolute Gasteiger partial charge is 0.573 e. The van der Waals surface area contributed by atoms with Crippen molar-refractivity contribution in [2.75, 3.05) is 26.3 Å². The molecule has 5 rings (SSSR count). The molecule has 0 N–H and O–H groups in total. The van der Waals surface area contributed by atoms with E-state index in [1.165, 1.54) is 41.2 Å². The van der Waals surface area contributed by atoms with E-state index < -0.39 is 26.9 Å². The van der Waals surface area contributed by atoms with Crippen molar-refractivity contribution in [3.8, 4) is 22.9 Å². The topological polar surface area (TPSA) is 126 Å². The highest BCUT2D eigenvalue weighted by molar-refractivity contribution is 7.93. The number of benzene rings is 2. The number of esters is 1. The summed E-state index contributed by atoms with van der Waals surface area (Å²) in [5, 5.41) is 12.1. The number of halogens is 3. The molecule has 232 valence electrons. The van der Waals surface area contributed by atoms with E-state index in [1.807, 2.05) is 0 Å². The Morgan fingerprint density at radius 1 is 1.02 bits per heavy atom. The Morgan fingerprint density at radius 3 is 2.28 bits per heavy atom. The molecule has 43 heavy (non-hydrogen) atoms. The first-order valence-corrected chi connectivity index (χ1v) is 15.5. The minimum Gasteiger partial charge on any atom is -0.494 e. The lowest BCUT2D eigenvalue weighted by atomic mass is 9.95. The maximum absolute atomic E-state index is 13.8. The normalized spacial score (nSPS) is 17.4. The molecule has 1 saturated heterocycles. The minimum absolute atomic E-state index is 0.0464. The quantitative estimate of drug-likeness (QED) is 0.216. The summed E-state index contributed by atoms with van der Waals surface area (Å²) < 4.78 is 77.9. The number of carbonyl (C=O) groups is 1. The number of tetrazole rings is 1. The van der Waals surface area contributed by atoms with Crippen LogP contribution < -0.4 is 9.47 Å². The molecule has 0 bridgehead atoms. The van der Waals surface area contributed by atoms with E-state index in [0.29, 0.717) is 43.4 Å². The van der Waals surface area contributed by atoms with Gasteiger partial charge in [0.05, 0.1) is 24.7 Å². The second kappa shape index (κ2) is 12.5. The molecule has 0 unspecified atom stereocenters. The summed E-state index contributed by atoms with van der Waals surface area (Å²) in [4.78, 5) is 16.7. The maximum Gasteiger partial charge on any atom is 0.573 e. The number of piperidine rings is 1. The fraction of sp³-hybridized carbons (Fsp3) is 0.500. The Balaban J connectivity index is 1.14. The van der Waals surface area contributed by atoms with Crippen LogP contribution in [0.2, 0.25) is 0 Å². The smallest absolute Gasteiger partial charge is 0.494 e. The fourth-order valence-corrected chi connectivity index (χ4v) is 7.07. The number of nitrogens with zero attached hydrogens (tertiary/aromatic N) is 5. The van der Waals surface area contributed by atoms with Crippen LogP contribution in [-0.4, -0.2) is 82.9 Å². The van der Waals surface area contributed by atoms with Gasteiger partial charge in [-0.25, -0.2) is 8.42 Å². The molecule has 0 spiro atoms. The van der Waals surface area contributed by atoms with Crippen LogP contribution in [0.15, 0.2) is 53.4 Å². The molecular weight excluding hydrogens is 591 g/mol. The van der Waals surface area contributed by atoms with Crippen LogP contribution in [0.4, 0.5) is 13.2 Å². The summed E-state index contributed by atoms with van der Waals surface area (Å²) in [5.74, 6) is -0.335. The molecule has 1 aliphatic heterocycles. The number of sulfone groups is 1. The highest BCUT2D eigenvalue weighted by Gasteiger charge is 2.55. The number of carbonyl (C=O) groups excluding carboxylic acids is 1. The summed E-state index contributed by atoms with van der Waals surface area (Å²) in [6, 6.07) is 11.7. The second-order valence-electron chi connectivity index (χ2n) is 10.4. The van der Waals surface area contributed by atoms with Crippen LogP contribution in [0.3, 0.4) is 0 Å². The van der Waals surface area contributed by atoms with E-state index in [1.54, 1.807) is 19.1 Å². The van der Waals surface area contributed by atoms with Gasteiger partial charge in [-0.15, -0.1) is 23.4 Å². The lowest BCUT2D eigenvalue weighted by Gasteiger charge is -2.39. The molecule has 2 fully saturated rings. The summed E-state index contributed by atoms with van der Waals surface area (Å²) in [6.07, 6.45) is -1.67. The SMILES string of the molecule is CCOC(=O)C1(S(=O)(=O)c2ccc(OCCCn3nnc(-c4ccc(OC(F)(F)F)cc4)n3)cc2)CCN(C2CC2)CC1. The molecule has 1 saturated carbocycles. The number of aromatic nitrogens is 4. The van der Waals surface area contributed by atoms with Gasteiger partial charge in [-0.2, -0.15) is 4.80 Å². The Bertz CT molecular complexity index is 1500. The molecule has 0 amide bonds. The summed E-state index contributed by atoms with van der Waals surface area (Å²) >= 11 is 0. The molecule has 1 aliphatic carbocycles. The van der Waals surface area contributed by atoms with Crippen LogP contribution in [0.25, 0.3) is 11.4 Å². The van der Waals surface area contributed by atoms with E-state index in [4.69, 9.17) is 9.47 Å². The lowest BCUT2D eigenvalue weighted by molar-refractivity contribution is -0.274. The molecule has 2 heterocycles. The van der Waals surface area contributed by atoms with Gasteiger partial charge in [-0.3, -0.25) is 4.79 Å². The van der Waals surface area contributed by atoms with E-state index in [0.717, 1.165) is 12.8 Å². The second-order valence-corrected chi connectivity index (χ2v) is 12.7. The van der Waals surface area contributed by atoms with Crippen LogP contribution in [0.1, 0.15) is 39.0 Å². The number of hydrogen-bond donors (Lipinski definition) is 0. The van der Waals surface area contributed by atoms with E-state index in [9.17, 15) is 26.4 Å². The molecule has 15 heteroatoms. The average molecular weight is 624 g/mol. The Labute approximate surface area is 246 Å². The Hall–Kier alpha value is -3.72. The van der Waals surface area contributed by atoms with Crippen molar-refractivity contribution in [2.45, 2.75) is 67.6 Å². The van der Waals surface area contributed by atoms with Crippen molar-refractivity contribution < 1.29 is 40.6 Å². The van der Waals surface area contributed by atoms with Gasteiger partial charge < -0.3 is 19.1 Å². The highest BCUT2D eigenvalue weighted by Crippen LogP contribution is 2.40. The Kier molecular flexibility index (Phi) is 8.92. The number of ether oxygens (including phenoxy) is 3. The van der Waals surface area contributed by atoms with Gasteiger partial charge in [0.1, 0.15) is 11.5 Å². The van der Waals surface area contributed by atoms with Crippen LogP contribution in [0, 0.1) is 0 Å². The molecule has 0 atom stereocenters. The molecule has 1 aromatic heterocycles. The van der Waals surface area contributed by atoms with Crippen molar-refractivity contribution in [3.63, 3.8) is 0 Å². The van der Waals surface area contributed by atoms with Crippen molar-refractivity contribution in [2.24, 2.45) is 0 Å². The maximum atomic E-state index is 13.8. The fourth-order valence-electron chi connectivity index (χ4n) is 5.13. The van der Waals surface area contributed by atoms with Gasteiger partial charge >= 0.3 is 12.3 Å². The van der Waals surface area contributed by atoms with Gasteiger partial charge in [0.2, 0.25) is 5.82 Å². The summed E-state index contributed by atoms with van der Waals surface area (Å²) in [7, 11) is -4.02. The van der Waals surface area contributed by atoms with E-state index >= 15 is 0 Å². The van der Waals surface area contributed by atoms with Crippen LogP contribution in [-0.2, 0) is 25.9 Å². The predicted octanol–water partition coefficient (Wildman–Crippen LogP) is 4.04. The molecule has 0 radical (unpaired) electrons. The third kappa shape index (κ3) is 7.09. The number of hydrogen-bond acceptors (Lipinski definition) is 10. The van der Waals surface area contributed by atoms with E-state index in [-0.39, 0.29) is 42.5 Å². The van der Waals surface area contributed by atoms with Crippen molar-refractivity contribution in [3.05, 3.63) is 48.5 Å². The predicted molar refractivity (Wildman–Crippen MR) is 147 cm³/mol. The van der Waals surface area contributed by atoms with Crippen LogP contribution in [0.5, 0.6) is 11.5 Å². The van der Waals surface area contributed by atoms with Gasteiger partial charge in [-0.1, -0.05) is 0 Å².